The molecule has 0 N–H and O–H groups in total. The Hall–Kier alpha value is -5.60. The summed E-state index contributed by atoms with van der Waals surface area (Å²) in [5.74, 6) is 0. The van der Waals surface area contributed by atoms with Gasteiger partial charge in [0.15, 0.2) is 0 Å². The Morgan fingerprint density at radius 1 is 0.357 bits per heavy atom. The molecule has 198 valence electrons. The van der Waals surface area contributed by atoms with Gasteiger partial charge in [-0.25, -0.2) is 0 Å². The summed E-state index contributed by atoms with van der Waals surface area (Å²) < 4.78 is 6.20. The minimum atomic E-state index is 0.912. The van der Waals surface area contributed by atoms with Crippen molar-refractivity contribution in [3.8, 4) is 22.3 Å². The van der Waals surface area contributed by atoms with Crippen LogP contribution in [0, 0.1) is 0 Å². The van der Waals surface area contributed by atoms with Crippen LogP contribution in [0.1, 0.15) is 0 Å². The maximum atomic E-state index is 6.20. The van der Waals surface area contributed by atoms with E-state index in [9.17, 15) is 0 Å². The zero-order valence-corrected chi connectivity index (χ0v) is 22.9. The number of nitrogens with zero attached hydrogens (tertiary/aromatic N) is 1. The molecule has 2 heteroatoms. The van der Waals surface area contributed by atoms with Crippen molar-refractivity contribution >= 4 is 49.8 Å². The van der Waals surface area contributed by atoms with E-state index in [-0.39, 0.29) is 0 Å². The van der Waals surface area contributed by atoms with Gasteiger partial charge in [0.05, 0.1) is 0 Å². The topological polar surface area (TPSA) is 16.4 Å². The van der Waals surface area contributed by atoms with Gasteiger partial charge in [-0.15, -0.1) is 0 Å². The monoisotopic (exact) mass is 537 g/mol. The third-order valence-corrected chi connectivity index (χ3v) is 8.07. The summed E-state index contributed by atoms with van der Waals surface area (Å²) in [6, 6.07) is 58.0. The number of para-hydroxylation sites is 2. The highest BCUT2D eigenvalue weighted by Gasteiger charge is 2.16. The maximum absolute atomic E-state index is 6.20. The molecular formula is C40H27NO. The lowest BCUT2D eigenvalue weighted by atomic mass is 10.00. The number of hydrogen-bond acceptors (Lipinski definition) is 2. The fraction of sp³-hybridized carbons (Fsp3) is 0. The lowest BCUT2D eigenvalue weighted by molar-refractivity contribution is 0.669. The molecule has 0 saturated heterocycles. The molecule has 0 aliphatic rings. The first-order valence-corrected chi connectivity index (χ1v) is 14.3. The van der Waals surface area contributed by atoms with Crippen LogP contribution >= 0.6 is 0 Å². The summed E-state index contributed by atoms with van der Waals surface area (Å²) >= 11 is 0. The van der Waals surface area contributed by atoms with Gasteiger partial charge in [-0.2, -0.15) is 0 Å². The van der Waals surface area contributed by atoms with E-state index in [4.69, 9.17) is 4.42 Å². The quantitative estimate of drug-likeness (QED) is 0.217. The summed E-state index contributed by atoms with van der Waals surface area (Å²) in [5, 5.41) is 4.68. The van der Waals surface area contributed by atoms with Crippen LogP contribution in [0.4, 0.5) is 17.1 Å². The largest absolute Gasteiger partial charge is 0.456 e. The lowest BCUT2D eigenvalue weighted by Crippen LogP contribution is -2.09. The lowest BCUT2D eigenvalue weighted by Gasteiger charge is -2.26. The molecule has 0 atom stereocenters. The Bertz CT molecular complexity index is 2160. The fourth-order valence-electron chi connectivity index (χ4n) is 5.98. The van der Waals surface area contributed by atoms with Gasteiger partial charge in [0.1, 0.15) is 11.2 Å². The molecule has 0 bridgehead atoms. The molecule has 0 amide bonds. The van der Waals surface area contributed by atoms with E-state index in [2.05, 4.69) is 157 Å². The first-order valence-electron chi connectivity index (χ1n) is 14.3. The van der Waals surface area contributed by atoms with Gasteiger partial charge in [-0.3, -0.25) is 0 Å². The number of fused-ring (bicyclic) bond motifs is 5. The number of benzene rings is 7. The molecule has 0 fully saturated rings. The van der Waals surface area contributed by atoms with Gasteiger partial charge in [-0.1, -0.05) is 115 Å². The van der Waals surface area contributed by atoms with Crippen molar-refractivity contribution in [2.75, 3.05) is 4.90 Å². The van der Waals surface area contributed by atoms with E-state index >= 15 is 0 Å². The van der Waals surface area contributed by atoms with Crippen LogP contribution in [0.2, 0.25) is 0 Å². The number of hydrogen-bond donors (Lipinski definition) is 0. The van der Waals surface area contributed by atoms with Crippen molar-refractivity contribution in [2.45, 2.75) is 0 Å². The minimum absolute atomic E-state index is 0.912. The van der Waals surface area contributed by atoms with Crippen molar-refractivity contribution < 1.29 is 4.42 Å². The molecule has 0 radical (unpaired) electrons. The second kappa shape index (κ2) is 10.1. The first-order chi connectivity index (χ1) is 20.8. The standard InChI is InChI=1S/C40H27NO/c1-3-9-28(10-4-1)29-15-17-30(18-16-29)31-19-23-34(24-20-31)41(33-11-5-2-6-12-33)35-25-21-32-22-26-39-40(37(32)27-35)36-13-7-8-14-38(36)42-39/h1-27H. The predicted octanol–water partition coefficient (Wildman–Crippen LogP) is 11.5. The van der Waals surface area contributed by atoms with Crippen molar-refractivity contribution in [1.29, 1.82) is 0 Å². The van der Waals surface area contributed by atoms with Crippen LogP contribution in [0.5, 0.6) is 0 Å². The van der Waals surface area contributed by atoms with Crippen LogP contribution in [0.3, 0.4) is 0 Å². The summed E-state index contributed by atoms with van der Waals surface area (Å²) in [5.41, 5.74) is 9.99. The average Bonchev–Trinajstić information content (AvgIpc) is 3.46. The zero-order valence-electron chi connectivity index (χ0n) is 22.9. The number of anilines is 3. The third-order valence-electron chi connectivity index (χ3n) is 8.07. The minimum Gasteiger partial charge on any atom is -0.456 e. The maximum Gasteiger partial charge on any atom is 0.136 e. The summed E-state index contributed by atoms with van der Waals surface area (Å²) in [6.07, 6.45) is 0. The Morgan fingerprint density at radius 3 is 1.60 bits per heavy atom. The Balaban J connectivity index is 1.21. The van der Waals surface area contributed by atoms with Crippen molar-refractivity contribution in [3.05, 3.63) is 164 Å². The van der Waals surface area contributed by atoms with Crippen LogP contribution in [0.25, 0.3) is 55.0 Å². The first kappa shape index (κ1) is 24.2. The van der Waals surface area contributed by atoms with E-state index in [1.807, 2.05) is 12.1 Å². The molecule has 8 rings (SSSR count). The van der Waals surface area contributed by atoms with Gasteiger partial charge < -0.3 is 9.32 Å². The molecule has 0 aliphatic heterocycles. The SMILES string of the molecule is c1ccc(-c2ccc(-c3ccc(N(c4ccccc4)c4ccc5ccc6oc7ccccc7c6c5c4)cc3)cc2)cc1. The Labute approximate surface area is 244 Å². The molecule has 0 aliphatic carbocycles. The highest BCUT2D eigenvalue weighted by molar-refractivity contribution is 6.19. The molecule has 1 aromatic heterocycles. The van der Waals surface area contributed by atoms with E-state index in [0.29, 0.717) is 0 Å². The van der Waals surface area contributed by atoms with Crippen molar-refractivity contribution in [1.82, 2.24) is 0 Å². The van der Waals surface area contributed by atoms with E-state index < -0.39 is 0 Å². The van der Waals surface area contributed by atoms with E-state index in [1.54, 1.807) is 0 Å². The normalized spacial score (nSPS) is 11.3. The van der Waals surface area contributed by atoms with Crippen molar-refractivity contribution in [3.63, 3.8) is 0 Å². The number of furan rings is 1. The number of rotatable bonds is 5. The Kier molecular flexibility index (Phi) is 5.82. The molecular weight excluding hydrogens is 510 g/mol. The predicted molar refractivity (Wildman–Crippen MR) is 177 cm³/mol. The van der Waals surface area contributed by atoms with Crippen LogP contribution in [-0.4, -0.2) is 0 Å². The highest BCUT2D eigenvalue weighted by atomic mass is 16.3. The van der Waals surface area contributed by atoms with Gasteiger partial charge in [0.2, 0.25) is 0 Å². The van der Waals surface area contributed by atoms with E-state index in [0.717, 1.165) is 39.0 Å². The van der Waals surface area contributed by atoms with Crippen LogP contribution < -0.4 is 4.90 Å². The van der Waals surface area contributed by atoms with Crippen molar-refractivity contribution in [2.24, 2.45) is 0 Å². The van der Waals surface area contributed by atoms with Gasteiger partial charge in [-0.05, 0) is 81.6 Å². The molecule has 0 spiro atoms. The molecule has 2 nitrogen and oxygen atoms in total. The smallest absolute Gasteiger partial charge is 0.136 e. The Morgan fingerprint density at radius 2 is 0.881 bits per heavy atom. The zero-order chi connectivity index (χ0) is 27.9. The molecule has 1 heterocycles. The molecule has 0 saturated carbocycles. The molecule has 7 aromatic carbocycles. The summed E-state index contributed by atoms with van der Waals surface area (Å²) in [4.78, 5) is 2.32. The average molecular weight is 538 g/mol. The van der Waals surface area contributed by atoms with Gasteiger partial charge in [0, 0.05) is 27.8 Å². The summed E-state index contributed by atoms with van der Waals surface area (Å²) in [7, 11) is 0. The van der Waals surface area contributed by atoms with Crippen LogP contribution in [-0.2, 0) is 0 Å². The van der Waals surface area contributed by atoms with E-state index in [1.165, 1.54) is 33.0 Å². The summed E-state index contributed by atoms with van der Waals surface area (Å²) in [6.45, 7) is 0. The second-order valence-corrected chi connectivity index (χ2v) is 10.6. The van der Waals surface area contributed by atoms with Gasteiger partial charge in [0.25, 0.3) is 0 Å². The molecule has 8 aromatic rings. The highest BCUT2D eigenvalue weighted by Crippen LogP contribution is 2.40. The van der Waals surface area contributed by atoms with Gasteiger partial charge >= 0.3 is 0 Å². The second-order valence-electron chi connectivity index (χ2n) is 10.6. The van der Waals surface area contributed by atoms with Crippen LogP contribution in [0.15, 0.2) is 168 Å². The molecule has 0 unspecified atom stereocenters. The third kappa shape index (κ3) is 4.22. The molecule has 42 heavy (non-hydrogen) atoms. The fourth-order valence-corrected chi connectivity index (χ4v) is 5.98.